The highest BCUT2D eigenvalue weighted by atomic mass is 16.5. The van der Waals surface area contributed by atoms with Crippen molar-refractivity contribution in [3.05, 3.63) is 0 Å². The highest BCUT2D eigenvalue weighted by Crippen LogP contribution is 2.17. The molecule has 2 nitrogen and oxygen atoms in total. The summed E-state index contributed by atoms with van der Waals surface area (Å²) in [5.74, 6) is 0. The summed E-state index contributed by atoms with van der Waals surface area (Å²) in [5, 5.41) is 0. The molecule has 0 aromatic heterocycles. The third-order valence-electron chi connectivity index (χ3n) is 1.16. The fourth-order valence-corrected chi connectivity index (χ4v) is 1.46. The number of rotatable bonds is 2. The summed E-state index contributed by atoms with van der Waals surface area (Å²) in [6, 6.07) is 0. The quantitative estimate of drug-likeness (QED) is 0.701. The van der Waals surface area contributed by atoms with Crippen LogP contribution in [0.25, 0.3) is 0 Å². The predicted molar refractivity (Wildman–Crippen MR) is 71.9 cm³/mol. The zero-order chi connectivity index (χ0) is 13.6. The van der Waals surface area contributed by atoms with Gasteiger partial charge in [0.15, 0.2) is 0 Å². The monoisotopic (exact) mass is 232 g/mol. The van der Waals surface area contributed by atoms with Crippen molar-refractivity contribution in [3.8, 4) is 0 Å². The molecule has 0 heterocycles. The second-order valence-electron chi connectivity index (χ2n) is 6.56. The van der Waals surface area contributed by atoms with Crippen LogP contribution in [0.3, 0.4) is 0 Å². The molecule has 0 atom stereocenters. The second-order valence-corrected chi connectivity index (χ2v) is 6.56. The first-order chi connectivity index (χ1) is 6.83. The van der Waals surface area contributed by atoms with Crippen molar-refractivity contribution >= 4 is 0 Å². The summed E-state index contributed by atoms with van der Waals surface area (Å²) in [6.45, 7) is 20.6. The Labute approximate surface area is 103 Å². The van der Waals surface area contributed by atoms with Crippen molar-refractivity contribution in [2.75, 3.05) is 0 Å². The summed E-state index contributed by atoms with van der Waals surface area (Å²) >= 11 is 0. The van der Waals surface area contributed by atoms with Crippen LogP contribution in [0.4, 0.5) is 0 Å². The van der Waals surface area contributed by atoms with E-state index in [2.05, 4.69) is 41.5 Å². The maximum atomic E-state index is 5.62. The standard InChI is InChI=1S/C8H18O.C6H14O/c1-7(2,3)9-8(4,5)6;1-5(2)7-6(3)4/h1-6H3;5-6H,1-4H3. The van der Waals surface area contributed by atoms with Crippen LogP contribution in [0.2, 0.25) is 0 Å². The Hall–Kier alpha value is -0.0800. The molecule has 2 heteroatoms. The molecule has 0 bridgehead atoms. The van der Waals surface area contributed by atoms with E-state index in [1.54, 1.807) is 0 Å². The average Bonchev–Trinajstić information content (AvgIpc) is 1.72. The second kappa shape index (κ2) is 7.29. The number of ether oxygens (including phenoxy) is 2. The Balaban J connectivity index is 0. The van der Waals surface area contributed by atoms with E-state index in [0.717, 1.165) is 0 Å². The van der Waals surface area contributed by atoms with Gasteiger partial charge in [0.2, 0.25) is 0 Å². The summed E-state index contributed by atoms with van der Waals surface area (Å²) in [7, 11) is 0. The van der Waals surface area contributed by atoms with E-state index < -0.39 is 0 Å². The molecule has 0 aliphatic carbocycles. The summed E-state index contributed by atoms with van der Waals surface area (Å²) in [4.78, 5) is 0. The van der Waals surface area contributed by atoms with Crippen molar-refractivity contribution < 1.29 is 9.47 Å². The van der Waals surface area contributed by atoms with E-state index in [1.165, 1.54) is 0 Å². The minimum atomic E-state index is -0.0156. The Morgan fingerprint density at radius 1 is 0.625 bits per heavy atom. The third kappa shape index (κ3) is 23.6. The van der Waals surface area contributed by atoms with Crippen LogP contribution in [-0.2, 0) is 9.47 Å². The molecule has 0 amide bonds. The molecule has 0 rings (SSSR count). The molecular weight excluding hydrogens is 200 g/mol. The van der Waals surface area contributed by atoms with Crippen molar-refractivity contribution in [1.82, 2.24) is 0 Å². The molecule has 16 heavy (non-hydrogen) atoms. The highest BCUT2D eigenvalue weighted by Gasteiger charge is 2.19. The first kappa shape index (κ1) is 18.3. The van der Waals surface area contributed by atoms with Crippen molar-refractivity contribution in [3.63, 3.8) is 0 Å². The van der Waals surface area contributed by atoms with E-state index in [4.69, 9.17) is 9.47 Å². The normalized spacial score (nSPS) is 12.8. The van der Waals surface area contributed by atoms with Crippen LogP contribution in [0, 0.1) is 0 Å². The molecular formula is C14H32O2. The lowest BCUT2D eigenvalue weighted by molar-refractivity contribution is -0.102. The maximum absolute atomic E-state index is 5.62. The predicted octanol–water partition coefficient (Wildman–Crippen LogP) is 4.42. The van der Waals surface area contributed by atoms with Crippen LogP contribution in [0.15, 0.2) is 0 Å². The van der Waals surface area contributed by atoms with E-state index in [-0.39, 0.29) is 11.2 Å². The fraction of sp³-hybridized carbons (Fsp3) is 1.00. The first-order valence-corrected chi connectivity index (χ1v) is 6.19. The smallest absolute Gasteiger partial charge is 0.0605 e. The average molecular weight is 232 g/mol. The zero-order valence-corrected chi connectivity index (χ0v) is 13.0. The van der Waals surface area contributed by atoms with Crippen LogP contribution >= 0.6 is 0 Å². The molecule has 0 unspecified atom stereocenters. The molecule has 0 aromatic rings. The van der Waals surface area contributed by atoms with Gasteiger partial charge in [0, 0.05) is 0 Å². The maximum Gasteiger partial charge on any atom is 0.0605 e. The molecule has 0 saturated heterocycles. The van der Waals surface area contributed by atoms with Crippen molar-refractivity contribution in [2.45, 2.75) is 92.6 Å². The van der Waals surface area contributed by atoms with Gasteiger partial charge in [-0.1, -0.05) is 0 Å². The Morgan fingerprint density at radius 2 is 0.875 bits per heavy atom. The molecule has 0 aromatic carbocycles. The Morgan fingerprint density at radius 3 is 0.875 bits per heavy atom. The van der Waals surface area contributed by atoms with Gasteiger partial charge in [-0.25, -0.2) is 0 Å². The van der Waals surface area contributed by atoms with Crippen molar-refractivity contribution in [2.24, 2.45) is 0 Å². The van der Waals surface area contributed by atoms with Gasteiger partial charge in [-0.2, -0.15) is 0 Å². The van der Waals surface area contributed by atoms with Crippen LogP contribution < -0.4 is 0 Å². The fourth-order valence-electron chi connectivity index (χ4n) is 1.46. The number of hydrogen-bond acceptors (Lipinski definition) is 2. The molecule has 0 fully saturated rings. The van der Waals surface area contributed by atoms with Crippen LogP contribution in [-0.4, -0.2) is 23.4 Å². The van der Waals surface area contributed by atoms with Gasteiger partial charge in [0.25, 0.3) is 0 Å². The molecule has 0 aliphatic rings. The van der Waals surface area contributed by atoms with Crippen LogP contribution in [0.1, 0.15) is 69.2 Å². The van der Waals surface area contributed by atoms with Gasteiger partial charge >= 0.3 is 0 Å². The van der Waals surface area contributed by atoms with Gasteiger partial charge in [-0.05, 0) is 69.2 Å². The van der Waals surface area contributed by atoms with Gasteiger partial charge in [-0.15, -0.1) is 0 Å². The third-order valence-corrected chi connectivity index (χ3v) is 1.16. The lowest BCUT2D eigenvalue weighted by Crippen LogP contribution is -2.31. The minimum absolute atomic E-state index is 0.0156. The molecule has 100 valence electrons. The molecule has 0 spiro atoms. The zero-order valence-electron chi connectivity index (χ0n) is 13.0. The molecule has 0 saturated carbocycles. The van der Waals surface area contributed by atoms with Gasteiger partial charge in [0.1, 0.15) is 0 Å². The minimum Gasteiger partial charge on any atom is -0.376 e. The Kier molecular flexibility index (Phi) is 8.33. The molecule has 0 aliphatic heterocycles. The summed E-state index contributed by atoms with van der Waals surface area (Å²) in [6.07, 6.45) is 0.750. The van der Waals surface area contributed by atoms with Gasteiger partial charge < -0.3 is 9.47 Å². The topological polar surface area (TPSA) is 18.5 Å². The van der Waals surface area contributed by atoms with E-state index in [0.29, 0.717) is 12.2 Å². The van der Waals surface area contributed by atoms with E-state index in [9.17, 15) is 0 Å². The lowest BCUT2D eigenvalue weighted by atomic mass is 10.1. The van der Waals surface area contributed by atoms with Gasteiger partial charge in [0.05, 0.1) is 23.4 Å². The van der Waals surface area contributed by atoms with E-state index in [1.807, 2.05) is 27.7 Å². The summed E-state index contributed by atoms with van der Waals surface area (Å²) < 4.78 is 10.9. The van der Waals surface area contributed by atoms with Gasteiger partial charge in [-0.3, -0.25) is 0 Å². The lowest BCUT2D eigenvalue weighted by Gasteiger charge is -2.30. The number of hydrogen-bond donors (Lipinski definition) is 0. The molecule has 0 N–H and O–H groups in total. The van der Waals surface area contributed by atoms with Crippen molar-refractivity contribution in [1.29, 1.82) is 0 Å². The SMILES string of the molecule is CC(C)(C)OC(C)(C)C.CC(C)OC(C)C. The highest BCUT2D eigenvalue weighted by molar-refractivity contribution is 4.68. The summed E-state index contributed by atoms with van der Waals surface area (Å²) in [5.41, 5.74) is -0.0312. The first-order valence-electron chi connectivity index (χ1n) is 6.19. The Bertz CT molecular complexity index is 141. The van der Waals surface area contributed by atoms with E-state index >= 15 is 0 Å². The van der Waals surface area contributed by atoms with Crippen LogP contribution in [0.5, 0.6) is 0 Å². The molecule has 0 radical (unpaired) electrons. The largest absolute Gasteiger partial charge is 0.376 e.